The van der Waals surface area contributed by atoms with E-state index in [0.29, 0.717) is 10.9 Å². The van der Waals surface area contributed by atoms with Crippen LogP contribution in [0.1, 0.15) is 12.2 Å². The SMILES string of the molecule is O=C(CCS(=O)(=O)c1ccc(F)cc1)N(Cc1ccco1)c1nc2ccccc2s1. The van der Waals surface area contributed by atoms with Crippen molar-refractivity contribution in [3.05, 3.63) is 78.5 Å². The third kappa shape index (κ3) is 4.42. The second-order valence-electron chi connectivity index (χ2n) is 6.55. The Labute approximate surface area is 176 Å². The topological polar surface area (TPSA) is 80.5 Å². The summed E-state index contributed by atoms with van der Waals surface area (Å²) in [4.78, 5) is 18.9. The number of fused-ring (bicyclic) bond motifs is 1. The standard InChI is InChI=1S/C21H17FN2O4S2/c22-15-7-9-17(10-8-15)30(26,27)13-11-20(25)24(14-16-4-3-12-28-16)21-23-18-5-1-2-6-19(18)29-21/h1-10,12H,11,13-14H2. The van der Waals surface area contributed by atoms with Crippen LogP contribution in [0.4, 0.5) is 9.52 Å². The zero-order valence-electron chi connectivity index (χ0n) is 15.7. The van der Waals surface area contributed by atoms with Gasteiger partial charge in [0, 0.05) is 6.42 Å². The molecule has 0 atom stereocenters. The number of sulfone groups is 1. The predicted octanol–water partition coefficient (Wildman–Crippen LogP) is 4.43. The van der Waals surface area contributed by atoms with Crippen LogP contribution < -0.4 is 4.90 Å². The maximum Gasteiger partial charge on any atom is 0.230 e. The van der Waals surface area contributed by atoms with E-state index in [9.17, 15) is 17.6 Å². The van der Waals surface area contributed by atoms with Crippen molar-refractivity contribution in [1.82, 2.24) is 4.98 Å². The molecule has 30 heavy (non-hydrogen) atoms. The number of nitrogens with zero attached hydrogens (tertiary/aromatic N) is 2. The number of furan rings is 1. The Balaban J connectivity index is 1.57. The molecule has 0 bridgehead atoms. The van der Waals surface area contributed by atoms with E-state index >= 15 is 0 Å². The summed E-state index contributed by atoms with van der Waals surface area (Å²) in [7, 11) is -3.73. The van der Waals surface area contributed by atoms with Gasteiger partial charge >= 0.3 is 0 Å². The molecule has 0 unspecified atom stereocenters. The summed E-state index contributed by atoms with van der Waals surface area (Å²) in [6.45, 7) is 0.141. The van der Waals surface area contributed by atoms with E-state index < -0.39 is 27.3 Å². The van der Waals surface area contributed by atoms with Crippen molar-refractivity contribution in [3.8, 4) is 0 Å². The number of benzene rings is 2. The summed E-state index contributed by atoms with van der Waals surface area (Å²) in [6, 6.07) is 15.5. The lowest BCUT2D eigenvalue weighted by Gasteiger charge is -2.18. The third-order valence-electron chi connectivity index (χ3n) is 4.47. The lowest BCUT2D eigenvalue weighted by atomic mass is 10.3. The molecule has 0 aliphatic rings. The Morgan fingerprint density at radius 2 is 1.83 bits per heavy atom. The van der Waals surface area contributed by atoms with Crippen molar-refractivity contribution in [1.29, 1.82) is 0 Å². The summed E-state index contributed by atoms with van der Waals surface area (Å²) in [5.74, 6) is -0.748. The highest BCUT2D eigenvalue weighted by atomic mass is 32.2. The van der Waals surface area contributed by atoms with E-state index in [2.05, 4.69) is 4.98 Å². The second kappa shape index (κ2) is 8.37. The van der Waals surface area contributed by atoms with Crippen LogP contribution in [0, 0.1) is 5.82 Å². The van der Waals surface area contributed by atoms with Crippen molar-refractivity contribution < 1.29 is 22.0 Å². The highest BCUT2D eigenvalue weighted by Gasteiger charge is 2.24. The van der Waals surface area contributed by atoms with E-state index in [-0.39, 0.29) is 17.9 Å². The second-order valence-corrected chi connectivity index (χ2v) is 9.66. The monoisotopic (exact) mass is 444 g/mol. The normalized spacial score (nSPS) is 11.6. The molecular weight excluding hydrogens is 427 g/mol. The Hall–Kier alpha value is -3.04. The molecule has 0 aliphatic carbocycles. The van der Waals surface area contributed by atoms with Gasteiger partial charge in [-0.1, -0.05) is 23.5 Å². The summed E-state index contributed by atoms with van der Waals surface area (Å²) in [5.41, 5.74) is 0.758. The number of para-hydroxylation sites is 1. The number of anilines is 1. The van der Waals surface area contributed by atoms with Crippen LogP contribution in [-0.2, 0) is 21.2 Å². The Kier molecular flexibility index (Phi) is 5.65. The van der Waals surface area contributed by atoms with Gasteiger partial charge in [0.15, 0.2) is 15.0 Å². The number of carbonyl (C=O) groups excluding carboxylic acids is 1. The number of amides is 1. The molecule has 4 rings (SSSR count). The van der Waals surface area contributed by atoms with E-state index in [0.717, 1.165) is 22.3 Å². The number of rotatable bonds is 7. The van der Waals surface area contributed by atoms with Gasteiger partial charge < -0.3 is 4.42 Å². The number of hydrogen-bond donors (Lipinski definition) is 0. The van der Waals surface area contributed by atoms with E-state index in [1.807, 2.05) is 24.3 Å². The van der Waals surface area contributed by atoms with Crippen LogP contribution in [0.2, 0.25) is 0 Å². The quantitative estimate of drug-likeness (QED) is 0.394. The number of aromatic nitrogens is 1. The Morgan fingerprint density at radius 1 is 1.07 bits per heavy atom. The van der Waals surface area contributed by atoms with Gasteiger partial charge in [-0.3, -0.25) is 9.69 Å². The number of halogens is 1. The van der Waals surface area contributed by atoms with Crippen molar-refractivity contribution in [3.63, 3.8) is 0 Å². The molecule has 2 heterocycles. The first-order chi connectivity index (χ1) is 14.4. The highest BCUT2D eigenvalue weighted by molar-refractivity contribution is 7.91. The molecule has 154 valence electrons. The molecule has 2 aromatic heterocycles. The van der Waals surface area contributed by atoms with Crippen LogP contribution in [0.25, 0.3) is 10.2 Å². The lowest BCUT2D eigenvalue weighted by molar-refractivity contribution is -0.118. The van der Waals surface area contributed by atoms with Gasteiger partial charge in [-0.05, 0) is 48.5 Å². The summed E-state index contributed by atoms with van der Waals surface area (Å²) in [6.07, 6.45) is 1.27. The Morgan fingerprint density at radius 3 is 2.53 bits per heavy atom. The smallest absolute Gasteiger partial charge is 0.230 e. The van der Waals surface area contributed by atoms with Gasteiger partial charge in [0.1, 0.15) is 11.6 Å². The van der Waals surface area contributed by atoms with E-state index in [4.69, 9.17) is 4.42 Å². The van der Waals surface area contributed by atoms with Crippen LogP contribution in [0.15, 0.2) is 76.2 Å². The van der Waals surface area contributed by atoms with Gasteiger partial charge in [-0.25, -0.2) is 17.8 Å². The average Bonchev–Trinajstić information content (AvgIpc) is 3.40. The molecule has 0 saturated carbocycles. The fraction of sp³-hybridized carbons (Fsp3) is 0.143. The molecule has 2 aromatic carbocycles. The number of thiazole rings is 1. The lowest BCUT2D eigenvalue weighted by Crippen LogP contribution is -2.31. The first-order valence-corrected chi connectivity index (χ1v) is 11.6. The maximum atomic E-state index is 13.1. The molecule has 4 aromatic rings. The van der Waals surface area contributed by atoms with E-state index in [1.54, 1.807) is 12.1 Å². The average molecular weight is 445 g/mol. The molecule has 0 radical (unpaired) electrons. The number of carbonyl (C=O) groups is 1. The first-order valence-electron chi connectivity index (χ1n) is 9.09. The minimum atomic E-state index is -3.73. The van der Waals surface area contributed by atoms with Crippen molar-refractivity contribution in [2.45, 2.75) is 17.9 Å². The van der Waals surface area contributed by atoms with Gasteiger partial charge in [-0.15, -0.1) is 0 Å². The maximum absolute atomic E-state index is 13.1. The minimum absolute atomic E-state index is 0.0192. The molecule has 6 nitrogen and oxygen atoms in total. The van der Waals surface area contributed by atoms with E-state index in [1.165, 1.54) is 34.6 Å². The van der Waals surface area contributed by atoms with Crippen LogP contribution in [-0.4, -0.2) is 25.1 Å². The van der Waals surface area contributed by atoms with Crippen LogP contribution in [0.5, 0.6) is 0 Å². The minimum Gasteiger partial charge on any atom is -0.467 e. The molecule has 9 heteroatoms. The Bertz CT molecular complexity index is 1230. The van der Waals surface area contributed by atoms with Crippen molar-refractivity contribution in [2.24, 2.45) is 0 Å². The summed E-state index contributed by atoms with van der Waals surface area (Å²) in [5, 5.41) is 0.469. The summed E-state index contributed by atoms with van der Waals surface area (Å²) >= 11 is 1.35. The molecule has 1 amide bonds. The molecule has 0 aliphatic heterocycles. The molecule has 0 N–H and O–H groups in total. The highest BCUT2D eigenvalue weighted by Crippen LogP contribution is 2.30. The zero-order chi connectivity index (χ0) is 21.1. The van der Waals surface area contributed by atoms with Gasteiger partial charge in [0.25, 0.3) is 0 Å². The zero-order valence-corrected chi connectivity index (χ0v) is 17.3. The van der Waals surface area contributed by atoms with Gasteiger partial charge in [0.05, 0.1) is 33.7 Å². The van der Waals surface area contributed by atoms with Crippen molar-refractivity contribution >= 4 is 42.4 Å². The fourth-order valence-electron chi connectivity index (χ4n) is 2.91. The van der Waals surface area contributed by atoms with Gasteiger partial charge in [0.2, 0.25) is 5.91 Å². The number of hydrogen-bond acceptors (Lipinski definition) is 6. The fourth-order valence-corrected chi connectivity index (χ4v) is 5.12. The molecular formula is C21H17FN2O4S2. The largest absolute Gasteiger partial charge is 0.467 e. The first kappa shape index (κ1) is 20.2. The van der Waals surface area contributed by atoms with Crippen molar-refractivity contribution in [2.75, 3.05) is 10.7 Å². The predicted molar refractivity (Wildman–Crippen MR) is 113 cm³/mol. The van der Waals surface area contributed by atoms with Crippen LogP contribution >= 0.6 is 11.3 Å². The third-order valence-corrected chi connectivity index (χ3v) is 7.26. The van der Waals surface area contributed by atoms with Crippen LogP contribution in [0.3, 0.4) is 0 Å². The summed E-state index contributed by atoms with van der Waals surface area (Å²) < 4.78 is 44.4. The molecule has 0 saturated heterocycles. The molecule has 0 spiro atoms. The van der Waals surface area contributed by atoms with Gasteiger partial charge in [-0.2, -0.15) is 0 Å². The molecule has 0 fully saturated rings.